The Kier molecular flexibility index (Phi) is 5.15. The predicted molar refractivity (Wildman–Crippen MR) is 97.6 cm³/mol. The van der Waals surface area contributed by atoms with Gasteiger partial charge in [0, 0.05) is 19.2 Å². The van der Waals surface area contributed by atoms with Crippen molar-refractivity contribution in [3.63, 3.8) is 0 Å². The zero-order chi connectivity index (χ0) is 21.6. The van der Waals surface area contributed by atoms with Gasteiger partial charge >= 0.3 is 11.9 Å². The average molecular weight is 427 g/mol. The van der Waals surface area contributed by atoms with Crippen LogP contribution in [0.25, 0.3) is 0 Å². The average Bonchev–Trinajstić information content (AvgIpc) is 3.25. The van der Waals surface area contributed by atoms with Crippen LogP contribution in [0, 0.1) is 12.8 Å². The molecular weight excluding hydrogens is 406 g/mol. The summed E-state index contributed by atoms with van der Waals surface area (Å²) < 4.78 is 56.1. The van der Waals surface area contributed by atoms with Crippen molar-refractivity contribution in [3.05, 3.63) is 45.9 Å². The van der Waals surface area contributed by atoms with Crippen molar-refractivity contribution in [2.45, 2.75) is 51.1 Å². The highest BCUT2D eigenvalue weighted by Gasteiger charge is 2.48. The first-order valence-electron chi connectivity index (χ1n) is 9.73. The number of hydrogen-bond donors (Lipinski definition) is 0. The van der Waals surface area contributed by atoms with Crippen molar-refractivity contribution in [2.24, 2.45) is 5.92 Å². The van der Waals surface area contributed by atoms with E-state index in [1.165, 1.54) is 4.90 Å². The second-order valence-electron chi connectivity index (χ2n) is 7.92. The molecule has 11 heteroatoms. The Morgan fingerprint density at radius 3 is 2.67 bits per heavy atom. The normalized spacial score (nSPS) is 24.2. The van der Waals surface area contributed by atoms with E-state index >= 15 is 0 Å². The Hall–Kier alpha value is -2.72. The summed E-state index contributed by atoms with van der Waals surface area (Å²) in [5, 5.41) is 4.09. The fourth-order valence-corrected chi connectivity index (χ4v) is 4.03. The number of pyridine rings is 1. The molecule has 2 aromatic rings. The van der Waals surface area contributed by atoms with Crippen molar-refractivity contribution in [1.29, 1.82) is 0 Å². The van der Waals surface area contributed by atoms with Crippen LogP contribution in [-0.2, 0) is 17.8 Å². The smallest absolute Gasteiger partial charge is 0.338 e. The molecule has 30 heavy (non-hydrogen) atoms. The molecule has 2 aliphatic heterocycles. The molecule has 2 aromatic heterocycles. The van der Waals surface area contributed by atoms with Crippen LogP contribution in [-0.4, -0.2) is 55.6 Å². The van der Waals surface area contributed by atoms with Crippen LogP contribution in [0.5, 0.6) is 0 Å². The van der Waals surface area contributed by atoms with Crippen molar-refractivity contribution < 1.29 is 22.4 Å². The van der Waals surface area contributed by atoms with Gasteiger partial charge in [-0.1, -0.05) is 6.07 Å². The quantitative estimate of drug-likeness (QED) is 0.703. The van der Waals surface area contributed by atoms with Crippen LogP contribution in [0.1, 0.15) is 36.0 Å². The molecule has 1 amide bonds. The molecule has 162 valence electrons. The molecule has 0 radical (unpaired) electrons. The van der Waals surface area contributed by atoms with Gasteiger partial charge in [0.05, 0.1) is 24.7 Å². The SMILES string of the molecule is Cc1ccc(Cn2nc3n(c2=O)C(C(=O)N2CC[C@H](F)C2)CC(C(F)(F)F)C3)nc1. The number of carbonyl (C=O) groups is 1. The molecule has 3 atom stereocenters. The summed E-state index contributed by atoms with van der Waals surface area (Å²) in [5.74, 6) is -2.55. The molecule has 1 fully saturated rings. The molecule has 0 N–H and O–H groups in total. The second kappa shape index (κ2) is 7.51. The molecule has 0 aliphatic carbocycles. The largest absolute Gasteiger partial charge is 0.392 e. The van der Waals surface area contributed by atoms with Gasteiger partial charge in [-0.3, -0.25) is 14.3 Å². The molecule has 4 heterocycles. The van der Waals surface area contributed by atoms with Gasteiger partial charge in [-0.2, -0.15) is 18.3 Å². The Labute approximate surface area is 169 Å². The Bertz CT molecular complexity index is 998. The number of aryl methyl sites for hydroxylation is 1. The lowest BCUT2D eigenvalue weighted by Crippen LogP contribution is -2.45. The van der Waals surface area contributed by atoms with Crippen LogP contribution in [0.15, 0.2) is 23.1 Å². The standard InChI is InChI=1S/C19H21F4N5O2/c1-11-2-3-14(24-8-11)10-27-18(30)28-15(17(29)26-5-4-13(20)9-26)6-12(19(21,22)23)7-16(28)25-27/h2-3,8,12-13,15H,4-7,9-10H2,1H3/t12?,13-,15?/m0/s1. The lowest BCUT2D eigenvalue weighted by Gasteiger charge is -2.32. The first kappa shape index (κ1) is 20.5. The van der Waals surface area contributed by atoms with Crippen LogP contribution in [0.2, 0.25) is 0 Å². The fraction of sp³-hybridized carbons (Fsp3) is 0.579. The maximum absolute atomic E-state index is 13.6. The van der Waals surface area contributed by atoms with E-state index in [1.54, 1.807) is 18.3 Å². The zero-order valence-electron chi connectivity index (χ0n) is 16.3. The maximum Gasteiger partial charge on any atom is 0.392 e. The Balaban J connectivity index is 1.70. The molecular formula is C19H21F4N5O2. The molecule has 0 saturated carbocycles. The third kappa shape index (κ3) is 3.84. The number of aromatic nitrogens is 4. The molecule has 0 aromatic carbocycles. The summed E-state index contributed by atoms with van der Waals surface area (Å²) in [7, 11) is 0. The van der Waals surface area contributed by atoms with E-state index in [9.17, 15) is 27.2 Å². The molecule has 7 nitrogen and oxygen atoms in total. The van der Waals surface area contributed by atoms with E-state index < -0.39 is 48.7 Å². The number of carbonyl (C=O) groups excluding carboxylic acids is 1. The van der Waals surface area contributed by atoms with E-state index in [4.69, 9.17) is 0 Å². The molecule has 4 rings (SSSR count). The highest BCUT2D eigenvalue weighted by molar-refractivity contribution is 5.81. The van der Waals surface area contributed by atoms with Crippen molar-refractivity contribution in [2.75, 3.05) is 13.1 Å². The second-order valence-corrected chi connectivity index (χ2v) is 7.92. The van der Waals surface area contributed by atoms with Crippen molar-refractivity contribution in [3.8, 4) is 0 Å². The summed E-state index contributed by atoms with van der Waals surface area (Å²) in [6, 6.07) is 2.15. The topological polar surface area (TPSA) is 73.0 Å². The molecule has 2 aliphatic rings. The zero-order valence-corrected chi connectivity index (χ0v) is 16.3. The van der Waals surface area contributed by atoms with Gasteiger partial charge in [-0.05, 0) is 31.4 Å². The minimum atomic E-state index is -4.53. The molecule has 1 saturated heterocycles. The monoisotopic (exact) mass is 427 g/mol. The molecule has 0 spiro atoms. The number of likely N-dealkylation sites (tertiary alicyclic amines) is 1. The van der Waals surface area contributed by atoms with Crippen LogP contribution in [0.4, 0.5) is 17.6 Å². The first-order valence-corrected chi connectivity index (χ1v) is 9.73. The maximum atomic E-state index is 13.6. The highest BCUT2D eigenvalue weighted by atomic mass is 19.4. The van der Waals surface area contributed by atoms with Gasteiger partial charge in [0.1, 0.15) is 18.0 Å². The number of fused-ring (bicyclic) bond motifs is 1. The number of nitrogens with zero attached hydrogens (tertiary/aromatic N) is 5. The van der Waals surface area contributed by atoms with E-state index in [1.807, 2.05) is 6.92 Å². The van der Waals surface area contributed by atoms with E-state index in [2.05, 4.69) is 10.1 Å². The summed E-state index contributed by atoms with van der Waals surface area (Å²) in [6.45, 7) is 1.79. The highest BCUT2D eigenvalue weighted by Crippen LogP contribution is 2.39. The van der Waals surface area contributed by atoms with E-state index in [0.717, 1.165) is 14.8 Å². The Morgan fingerprint density at radius 2 is 2.07 bits per heavy atom. The van der Waals surface area contributed by atoms with Crippen molar-refractivity contribution in [1.82, 2.24) is 24.2 Å². The van der Waals surface area contributed by atoms with Gasteiger partial charge in [0.15, 0.2) is 0 Å². The summed E-state index contributed by atoms with van der Waals surface area (Å²) in [4.78, 5) is 31.3. The number of amides is 1. The number of hydrogen-bond acceptors (Lipinski definition) is 4. The number of halogens is 4. The fourth-order valence-electron chi connectivity index (χ4n) is 4.03. The van der Waals surface area contributed by atoms with Gasteiger partial charge in [-0.25, -0.2) is 13.9 Å². The number of rotatable bonds is 3. The van der Waals surface area contributed by atoms with Crippen molar-refractivity contribution >= 4 is 5.91 Å². The minimum absolute atomic E-state index is 0.0209. The predicted octanol–water partition coefficient (Wildman–Crippen LogP) is 2.03. The van der Waals surface area contributed by atoms with Gasteiger partial charge < -0.3 is 4.90 Å². The summed E-state index contributed by atoms with van der Waals surface area (Å²) in [5.41, 5.74) is 0.779. The van der Waals surface area contributed by atoms with E-state index in [-0.39, 0.29) is 31.9 Å². The summed E-state index contributed by atoms with van der Waals surface area (Å²) in [6.07, 6.45) is -5.03. The van der Waals surface area contributed by atoms with Gasteiger partial charge in [-0.15, -0.1) is 0 Å². The van der Waals surface area contributed by atoms with Gasteiger partial charge in [0.25, 0.3) is 0 Å². The first-order chi connectivity index (χ1) is 14.1. The Morgan fingerprint density at radius 1 is 1.30 bits per heavy atom. The van der Waals surface area contributed by atoms with Crippen LogP contribution in [0.3, 0.4) is 0 Å². The third-order valence-corrected chi connectivity index (χ3v) is 5.66. The van der Waals surface area contributed by atoms with Gasteiger partial charge in [0.2, 0.25) is 5.91 Å². The number of alkyl halides is 4. The lowest BCUT2D eigenvalue weighted by atomic mass is 9.91. The van der Waals surface area contributed by atoms with Crippen LogP contribution >= 0.6 is 0 Å². The molecule has 2 unspecified atom stereocenters. The van der Waals surface area contributed by atoms with Crippen LogP contribution < -0.4 is 5.69 Å². The lowest BCUT2D eigenvalue weighted by molar-refractivity contribution is -0.183. The molecule has 0 bridgehead atoms. The van der Waals surface area contributed by atoms with E-state index in [0.29, 0.717) is 5.69 Å². The third-order valence-electron chi connectivity index (χ3n) is 5.66. The minimum Gasteiger partial charge on any atom is -0.338 e. The summed E-state index contributed by atoms with van der Waals surface area (Å²) >= 11 is 0.